The number of esters is 1. The van der Waals surface area contributed by atoms with Crippen LogP contribution in [0.4, 0.5) is 4.79 Å². The zero-order valence-electron chi connectivity index (χ0n) is 10.5. The quantitative estimate of drug-likeness (QED) is 0.419. The largest absolute Gasteiger partial charge is 0.461 e. The van der Waals surface area contributed by atoms with E-state index in [1.54, 1.807) is 20.8 Å². The normalized spacial score (nSPS) is 10.6. The smallest absolute Gasteiger partial charge is 0.355 e. The summed E-state index contributed by atoms with van der Waals surface area (Å²) in [6.07, 6.45) is 1.43. The van der Waals surface area contributed by atoms with Crippen LogP contribution in [0.25, 0.3) is 0 Å². The topological polar surface area (TPSA) is 110 Å². The van der Waals surface area contributed by atoms with Gasteiger partial charge in [-0.2, -0.15) is 5.10 Å². The van der Waals surface area contributed by atoms with E-state index in [2.05, 4.69) is 15.5 Å². The summed E-state index contributed by atoms with van der Waals surface area (Å²) in [5.74, 6) is -0.416. The summed E-state index contributed by atoms with van der Waals surface area (Å²) in [6, 6.07) is -0.747. The van der Waals surface area contributed by atoms with Crippen LogP contribution < -0.4 is 11.2 Å². The van der Waals surface area contributed by atoms with Crippen LogP contribution in [-0.2, 0) is 4.74 Å². The van der Waals surface area contributed by atoms with Crippen molar-refractivity contribution in [1.82, 2.24) is 10.4 Å². The number of nitrogens with one attached hydrogen (secondary N) is 2. The first-order valence-electron chi connectivity index (χ1n) is 5.42. The van der Waals surface area contributed by atoms with E-state index in [4.69, 9.17) is 10.5 Å². The highest BCUT2D eigenvalue weighted by Gasteiger charge is 2.17. The summed E-state index contributed by atoms with van der Waals surface area (Å²) in [5.41, 5.74) is 9.53. The molecule has 0 atom stereocenters. The van der Waals surface area contributed by atoms with Crippen molar-refractivity contribution in [3.8, 4) is 0 Å². The summed E-state index contributed by atoms with van der Waals surface area (Å²) >= 11 is 0. The number of nitrogens with zero attached hydrogens (tertiary/aromatic N) is 1. The monoisotopic (exact) mass is 252 g/mol. The van der Waals surface area contributed by atoms with E-state index >= 15 is 0 Å². The minimum absolute atomic E-state index is 0.309. The Bertz CT molecular complexity index is 491. The molecule has 1 aromatic heterocycles. The second-order valence-corrected chi connectivity index (χ2v) is 3.62. The van der Waals surface area contributed by atoms with E-state index in [9.17, 15) is 9.59 Å². The van der Waals surface area contributed by atoms with Gasteiger partial charge in [-0.05, 0) is 26.3 Å². The van der Waals surface area contributed by atoms with Gasteiger partial charge in [0, 0.05) is 11.3 Å². The number of carbonyl (C=O) groups excluding carboxylic acids is 2. The lowest BCUT2D eigenvalue weighted by Gasteiger charge is -2.00. The Balaban J connectivity index is 2.97. The minimum atomic E-state index is -0.747. The maximum absolute atomic E-state index is 11.6. The molecule has 0 saturated heterocycles. The number of primary amides is 1. The molecule has 0 aliphatic heterocycles. The van der Waals surface area contributed by atoms with Crippen LogP contribution in [0.5, 0.6) is 0 Å². The average molecular weight is 252 g/mol. The lowest BCUT2D eigenvalue weighted by Crippen LogP contribution is -2.24. The number of rotatable bonds is 4. The molecule has 7 nitrogen and oxygen atoms in total. The minimum Gasteiger partial charge on any atom is -0.461 e. The predicted octanol–water partition coefficient (Wildman–Crippen LogP) is 0.810. The van der Waals surface area contributed by atoms with E-state index < -0.39 is 12.0 Å². The molecule has 0 aromatic carbocycles. The molecular weight excluding hydrogens is 236 g/mol. The van der Waals surface area contributed by atoms with E-state index in [1.165, 1.54) is 6.21 Å². The average Bonchev–Trinajstić information content (AvgIpc) is 2.56. The Morgan fingerprint density at radius 3 is 2.72 bits per heavy atom. The molecule has 0 aliphatic carbocycles. The van der Waals surface area contributed by atoms with Crippen LogP contribution in [0.15, 0.2) is 5.10 Å². The number of aromatic nitrogens is 1. The van der Waals surface area contributed by atoms with Gasteiger partial charge in [-0.15, -0.1) is 0 Å². The first kappa shape index (κ1) is 13.8. The standard InChI is InChI=1S/C11H16N4O3/c1-4-18-10(16)9-6(2)8(7(3)14-9)5-13-15-11(12)17/h5,14H,4H2,1-3H3,(H3,12,15,17)/b13-5-. The van der Waals surface area contributed by atoms with Gasteiger partial charge in [0.15, 0.2) is 0 Å². The molecule has 0 unspecified atom stereocenters. The van der Waals surface area contributed by atoms with Crippen LogP contribution >= 0.6 is 0 Å². The van der Waals surface area contributed by atoms with Crippen LogP contribution in [0.3, 0.4) is 0 Å². The lowest BCUT2D eigenvalue weighted by atomic mass is 10.1. The van der Waals surface area contributed by atoms with E-state index in [0.717, 1.165) is 5.69 Å². The first-order valence-corrected chi connectivity index (χ1v) is 5.42. The molecule has 98 valence electrons. The summed E-state index contributed by atoms with van der Waals surface area (Å²) in [6.45, 7) is 5.61. The Labute approximate surface area is 104 Å². The molecule has 1 rings (SSSR count). The number of amides is 2. The lowest BCUT2D eigenvalue weighted by molar-refractivity contribution is 0.0519. The highest BCUT2D eigenvalue weighted by Crippen LogP contribution is 2.16. The van der Waals surface area contributed by atoms with Crippen molar-refractivity contribution >= 4 is 18.2 Å². The van der Waals surface area contributed by atoms with Gasteiger partial charge in [0.05, 0.1) is 12.8 Å². The fourth-order valence-corrected chi connectivity index (χ4v) is 1.53. The Morgan fingerprint density at radius 2 is 2.17 bits per heavy atom. The molecule has 1 heterocycles. The zero-order chi connectivity index (χ0) is 13.7. The number of hydrazone groups is 1. The molecular formula is C11H16N4O3. The maximum Gasteiger partial charge on any atom is 0.355 e. The van der Waals surface area contributed by atoms with Gasteiger partial charge in [-0.3, -0.25) is 0 Å². The molecule has 18 heavy (non-hydrogen) atoms. The van der Waals surface area contributed by atoms with Crippen LogP contribution in [0.1, 0.15) is 34.2 Å². The maximum atomic E-state index is 11.6. The molecule has 0 saturated carbocycles. The number of H-pyrrole nitrogens is 1. The number of carbonyl (C=O) groups is 2. The van der Waals surface area contributed by atoms with Crippen LogP contribution in [-0.4, -0.2) is 29.8 Å². The molecule has 0 spiro atoms. The van der Waals surface area contributed by atoms with Crippen LogP contribution in [0.2, 0.25) is 0 Å². The highest BCUT2D eigenvalue weighted by molar-refractivity contribution is 5.94. The molecule has 4 N–H and O–H groups in total. The third kappa shape index (κ3) is 3.09. The predicted molar refractivity (Wildman–Crippen MR) is 66.5 cm³/mol. The van der Waals surface area contributed by atoms with Crippen molar-refractivity contribution in [2.45, 2.75) is 20.8 Å². The molecule has 1 aromatic rings. The molecule has 0 radical (unpaired) electrons. The van der Waals surface area contributed by atoms with Gasteiger partial charge in [-0.1, -0.05) is 0 Å². The van der Waals surface area contributed by atoms with E-state index in [-0.39, 0.29) is 0 Å². The van der Waals surface area contributed by atoms with Gasteiger partial charge >= 0.3 is 12.0 Å². The second-order valence-electron chi connectivity index (χ2n) is 3.62. The number of hydrogen-bond acceptors (Lipinski definition) is 4. The Morgan fingerprint density at radius 1 is 1.50 bits per heavy atom. The van der Waals surface area contributed by atoms with Gasteiger partial charge in [0.2, 0.25) is 0 Å². The fraction of sp³-hybridized carbons (Fsp3) is 0.364. The van der Waals surface area contributed by atoms with Gasteiger partial charge in [0.1, 0.15) is 5.69 Å². The van der Waals surface area contributed by atoms with Crippen molar-refractivity contribution in [3.63, 3.8) is 0 Å². The molecule has 0 aliphatic rings. The summed E-state index contributed by atoms with van der Waals surface area (Å²) in [4.78, 5) is 25.0. The van der Waals surface area contributed by atoms with Crippen molar-refractivity contribution in [2.24, 2.45) is 10.8 Å². The number of aromatic amines is 1. The second kappa shape index (κ2) is 5.85. The third-order valence-corrected chi connectivity index (χ3v) is 2.34. The molecule has 2 amide bonds. The van der Waals surface area contributed by atoms with Crippen molar-refractivity contribution in [3.05, 3.63) is 22.5 Å². The first-order chi connectivity index (χ1) is 8.47. The molecule has 7 heteroatoms. The number of aryl methyl sites for hydroxylation is 1. The number of ether oxygens (including phenoxy) is 1. The summed E-state index contributed by atoms with van der Waals surface area (Å²) < 4.78 is 4.92. The van der Waals surface area contributed by atoms with Crippen LogP contribution in [0, 0.1) is 13.8 Å². The van der Waals surface area contributed by atoms with E-state index in [1.807, 2.05) is 0 Å². The number of hydrogen-bond donors (Lipinski definition) is 3. The Kier molecular flexibility index (Phi) is 4.47. The van der Waals surface area contributed by atoms with Crippen molar-refractivity contribution < 1.29 is 14.3 Å². The third-order valence-electron chi connectivity index (χ3n) is 2.34. The van der Waals surface area contributed by atoms with Gasteiger partial charge in [-0.25, -0.2) is 15.0 Å². The highest BCUT2D eigenvalue weighted by atomic mass is 16.5. The molecule has 0 bridgehead atoms. The SMILES string of the molecule is CCOC(=O)c1[nH]c(C)c(/C=N\NC(N)=O)c1C. The van der Waals surface area contributed by atoms with Gasteiger partial charge < -0.3 is 15.5 Å². The van der Waals surface area contributed by atoms with E-state index in [0.29, 0.717) is 23.4 Å². The number of nitrogens with two attached hydrogens (primary N) is 1. The summed E-state index contributed by atoms with van der Waals surface area (Å²) in [5, 5.41) is 3.66. The zero-order valence-corrected chi connectivity index (χ0v) is 10.5. The summed E-state index contributed by atoms with van der Waals surface area (Å²) in [7, 11) is 0. The Hall–Kier alpha value is -2.31. The fourth-order valence-electron chi connectivity index (χ4n) is 1.53. The van der Waals surface area contributed by atoms with Crippen molar-refractivity contribution in [1.29, 1.82) is 0 Å². The van der Waals surface area contributed by atoms with Crippen molar-refractivity contribution in [2.75, 3.05) is 6.61 Å². The molecule has 0 fully saturated rings. The number of urea groups is 1. The van der Waals surface area contributed by atoms with Gasteiger partial charge in [0.25, 0.3) is 0 Å².